The summed E-state index contributed by atoms with van der Waals surface area (Å²) in [7, 11) is 0. The van der Waals surface area contributed by atoms with Crippen LogP contribution in [0, 0.1) is 5.82 Å². The average molecular weight is 558 g/mol. The van der Waals surface area contributed by atoms with Crippen LogP contribution in [0.2, 0.25) is 0 Å². The van der Waals surface area contributed by atoms with Crippen LogP contribution in [-0.2, 0) is 20.9 Å². The minimum absolute atomic E-state index is 0.0345. The number of nitrogens with zero attached hydrogens (tertiary/aromatic N) is 3. The Bertz CT molecular complexity index is 1500. The Kier molecular flexibility index (Phi) is 8.06. The van der Waals surface area contributed by atoms with E-state index in [4.69, 9.17) is 0 Å². The lowest BCUT2D eigenvalue weighted by Gasteiger charge is -2.25. The van der Waals surface area contributed by atoms with Gasteiger partial charge in [-0.3, -0.25) is 19.4 Å². The normalized spacial score (nSPS) is 15.8. The Balaban J connectivity index is 1.25. The molecule has 10 heteroatoms. The van der Waals surface area contributed by atoms with Crippen molar-refractivity contribution in [1.29, 1.82) is 0 Å². The Labute approximate surface area is 235 Å². The van der Waals surface area contributed by atoms with Gasteiger partial charge in [0.05, 0.1) is 17.9 Å². The number of hydrogen-bond donors (Lipinski definition) is 2. The molecule has 0 aliphatic carbocycles. The minimum atomic E-state index is -0.923. The van der Waals surface area contributed by atoms with Gasteiger partial charge in [0, 0.05) is 17.8 Å². The molecule has 3 amide bonds. The van der Waals surface area contributed by atoms with Crippen molar-refractivity contribution in [3.8, 4) is 0 Å². The predicted octanol–water partition coefficient (Wildman–Crippen LogP) is 4.99. The van der Waals surface area contributed by atoms with E-state index in [2.05, 4.69) is 34.5 Å². The van der Waals surface area contributed by atoms with Crippen LogP contribution in [-0.4, -0.2) is 45.4 Å². The number of anilines is 1. The van der Waals surface area contributed by atoms with Crippen molar-refractivity contribution in [3.05, 3.63) is 95.3 Å². The van der Waals surface area contributed by atoms with E-state index < -0.39 is 6.04 Å². The van der Waals surface area contributed by atoms with Gasteiger partial charge >= 0.3 is 0 Å². The smallest absolute Gasteiger partial charge is 0.259 e. The molecule has 8 nitrogen and oxygen atoms in total. The van der Waals surface area contributed by atoms with E-state index in [1.165, 1.54) is 22.6 Å². The first kappa shape index (κ1) is 27.3. The maximum Gasteiger partial charge on any atom is 0.259 e. The van der Waals surface area contributed by atoms with Crippen LogP contribution in [0.4, 0.5) is 15.8 Å². The summed E-state index contributed by atoms with van der Waals surface area (Å²) in [5.41, 5.74) is 3.94. The quantitative estimate of drug-likeness (QED) is 0.408. The fourth-order valence-electron chi connectivity index (χ4n) is 4.36. The van der Waals surface area contributed by atoms with Crippen molar-refractivity contribution < 1.29 is 18.8 Å². The molecule has 3 aromatic carbocycles. The standard InChI is InChI=1S/C30H28FN5O3S/c1-18(2)20-9-13-22(14-10-20)33-27(38)17-40-30-35-24-6-4-3-5-23(24)28-34-25(29(39)36(28)30)15-26(37)32-16-19-7-11-21(31)12-8-19/h3-14,18,25H,15-17H2,1-2H3,(H,32,37)(H,33,38)/t25-/m1/s1. The van der Waals surface area contributed by atoms with E-state index in [-0.39, 0.29) is 42.3 Å². The van der Waals surface area contributed by atoms with Gasteiger partial charge in [0.2, 0.25) is 11.8 Å². The van der Waals surface area contributed by atoms with Crippen LogP contribution in [0.1, 0.15) is 42.9 Å². The summed E-state index contributed by atoms with van der Waals surface area (Å²) in [6, 6.07) is 19.9. The molecule has 3 aromatic rings. The SMILES string of the molecule is CC(C)c1ccc(NC(=O)CSC2=Nc3ccccc3C3=N[C@H](CC(=O)NCc4ccc(F)cc4)C(=O)N23)cc1. The fourth-order valence-corrected chi connectivity index (χ4v) is 5.16. The Morgan fingerprint density at radius 2 is 1.73 bits per heavy atom. The molecule has 0 radical (unpaired) electrons. The molecular formula is C30H28FN5O3S. The summed E-state index contributed by atoms with van der Waals surface area (Å²) >= 11 is 1.14. The molecule has 1 atom stereocenters. The molecule has 2 heterocycles. The zero-order valence-corrected chi connectivity index (χ0v) is 22.9. The molecule has 2 N–H and O–H groups in total. The molecule has 0 saturated carbocycles. The lowest BCUT2D eigenvalue weighted by atomic mass is 10.0. The molecule has 0 unspecified atom stereocenters. The number of hydrogen-bond acceptors (Lipinski definition) is 6. The van der Waals surface area contributed by atoms with Crippen LogP contribution in [0.25, 0.3) is 0 Å². The van der Waals surface area contributed by atoms with E-state index in [9.17, 15) is 18.8 Å². The van der Waals surface area contributed by atoms with Crippen LogP contribution in [0.5, 0.6) is 0 Å². The van der Waals surface area contributed by atoms with E-state index >= 15 is 0 Å². The third-order valence-electron chi connectivity index (χ3n) is 6.52. The molecule has 0 bridgehead atoms. The second kappa shape index (κ2) is 11.8. The lowest BCUT2D eigenvalue weighted by molar-refractivity contribution is -0.128. The molecule has 2 aliphatic rings. The Morgan fingerprint density at radius 3 is 2.45 bits per heavy atom. The summed E-state index contributed by atoms with van der Waals surface area (Å²) in [5, 5.41) is 5.98. The highest BCUT2D eigenvalue weighted by atomic mass is 32.2. The number of halogens is 1. The molecular weight excluding hydrogens is 529 g/mol. The number of amidine groups is 2. The third kappa shape index (κ3) is 6.12. The van der Waals surface area contributed by atoms with Crippen LogP contribution in [0.15, 0.2) is 82.8 Å². The molecule has 40 heavy (non-hydrogen) atoms. The summed E-state index contributed by atoms with van der Waals surface area (Å²) in [6.07, 6.45) is -0.146. The van der Waals surface area contributed by atoms with Gasteiger partial charge < -0.3 is 10.6 Å². The maximum absolute atomic E-state index is 13.4. The lowest BCUT2D eigenvalue weighted by Crippen LogP contribution is -2.42. The highest BCUT2D eigenvalue weighted by Crippen LogP contribution is 2.34. The number of amides is 3. The second-order valence-corrected chi connectivity index (χ2v) is 10.7. The topological polar surface area (TPSA) is 103 Å². The number of nitrogens with one attached hydrogen (secondary N) is 2. The van der Waals surface area contributed by atoms with Crippen molar-refractivity contribution in [3.63, 3.8) is 0 Å². The number of carbonyl (C=O) groups is 3. The van der Waals surface area contributed by atoms with Crippen LogP contribution < -0.4 is 10.6 Å². The minimum Gasteiger partial charge on any atom is -0.352 e. The van der Waals surface area contributed by atoms with Gasteiger partial charge in [-0.1, -0.05) is 62.0 Å². The van der Waals surface area contributed by atoms with Crippen molar-refractivity contribution in [2.24, 2.45) is 9.98 Å². The van der Waals surface area contributed by atoms with Gasteiger partial charge in [0.25, 0.3) is 5.91 Å². The van der Waals surface area contributed by atoms with E-state index in [1.54, 1.807) is 12.1 Å². The summed E-state index contributed by atoms with van der Waals surface area (Å²) < 4.78 is 13.1. The number of aliphatic imine (C=N–C) groups is 2. The van der Waals surface area contributed by atoms with Gasteiger partial charge in [0.15, 0.2) is 5.17 Å². The van der Waals surface area contributed by atoms with Gasteiger partial charge in [0.1, 0.15) is 17.7 Å². The first-order valence-electron chi connectivity index (χ1n) is 12.9. The molecule has 5 rings (SSSR count). The third-order valence-corrected chi connectivity index (χ3v) is 7.46. The molecule has 0 fully saturated rings. The highest BCUT2D eigenvalue weighted by Gasteiger charge is 2.42. The van der Waals surface area contributed by atoms with E-state index in [1.807, 2.05) is 48.5 Å². The van der Waals surface area contributed by atoms with E-state index in [0.717, 1.165) is 17.3 Å². The summed E-state index contributed by atoms with van der Waals surface area (Å²) in [6.45, 7) is 4.42. The highest BCUT2D eigenvalue weighted by molar-refractivity contribution is 8.14. The van der Waals surface area contributed by atoms with E-state index in [0.29, 0.717) is 33.9 Å². The van der Waals surface area contributed by atoms with Gasteiger partial charge in [-0.2, -0.15) is 0 Å². The number of rotatable bonds is 8. The molecule has 0 saturated heterocycles. The van der Waals surface area contributed by atoms with Gasteiger partial charge in [-0.15, -0.1) is 0 Å². The molecule has 204 valence electrons. The Morgan fingerprint density at radius 1 is 1.00 bits per heavy atom. The molecule has 0 aromatic heterocycles. The second-order valence-electron chi connectivity index (χ2n) is 9.77. The number of carbonyl (C=O) groups excluding carboxylic acids is 3. The van der Waals surface area contributed by atoms with Gasteiger partial charge in [-0.25, -0.2) is 14.3 Å². The van der Waals surface area contributed by atoms with Crippen molar-refractivity contribution in [2.45, 2.75) is 38.8 Å². The number of fused-ring (bicyclic) bond motifs is 3. The van der Waals surface area contributed by atoms with Crippen molar-refractivity contribution in [2.75, 3.05) is 11.1 Å². The van der Waals surface area contributed by atoms with Crippen LogP contribution >= 0.6 is 11.8 Å². The largest absolute Gasteiger partial charge is 0.352 e. The molecule has 0 spiro atoms. The number of thioether (sulfide) groups is 1. The molecule has 2 aliphatic heterocycles. The number of benzene rings is 3. The first-order chi connectivity index (χ1) is 19.3. The Hall–Kier alpha value is -4.31. The van der Waals surface area contributed by atoms with Gasteiger partial charge in [-0.05, 0) is 53.4 Å². The zero-order valence-electron chi connectivity index (χ0n) is 22.1. The average Bonchev–Trinajstić information content (AvgIpc) is 3.27. The monoisotopic (exact) mass is 557 g/mol. The fraction of sp³-hybridized carbons (Fsp3) is 0.233. The van der Waals surface area contributed by atoms with Crippen LogP contribution in [0.3, 0.4) is 0 Å². The van der Waals surface area contributed by atoms with Crippen molar-refractivity contribution >= 4 is 51.9 Å². The maximum atomic E-state index is 13.4. The van der Waals surface area contributed by atoms with Crippen molar-refractivity contribution in [1.82, 2.24) is 10.2 Å². The zero-order chi connectivity index (χ0) is 28.2. The first-order valence-corrected chi connectivity index (χ1v) is 13.9. The summed E-state index contributed by atoms with van der Waals surface area (Å²) in [4.78, 5) is 49.4. The summed E-state index contributed by atoms with van der Waals surface area (Å²) in [5.74, 6) is -0.470. The predicted molar refractivity (Wildman–Crippen MR) is 155 cm³/mol. The number of para-hydroxylation sites is 1.